The molecule has 0 aliphatic carbocycles. The molecule has 3 aromatic carbocycles. The number of β-lactam (4-membered cyclic amide) rings is 1. The number of hydrogen-bond donors (Lipinski definition) is 7. The average molecular weight is 819 g/mol. The van der Waals surface area contributed by atoms with Crippen LogP contribution >= 0.6 is 0 Å². The van der Waals surface area contributed by atoms with Gasteiger partial charge in [0.05, 0.1) is 44.6 Å². The van der Waals surface area contributed by atoms with Gasteiger partial charge in [-0.05, 0) is 85.0 Å². The summed E-state index contributed by atoms with van der Waals surface area (Å²) in [6, 6.07) is 20.1. The molecule has 2 aliphatic heterocycles. The van der Waals surface area contributed by atoms with Gasteiger partial charge in [-0.3, -0.25) is 4.79 Å². The highest BCUT2D eigenvalue weighted by Crippen LogP contribution is 2.46. The SMILES string of the molecule is COC(=O)[C@H]1O[C@@H](OCC(O)(CO)CCc2ccc([C@@H]3C(CC[C@H](O)c4ccc(F)cc4)C(=O)N3c3ccc(CCCNS(C)(=O)=O)cc3)cc2)[C@H](O)[C@@H](O)[C@@H]1O. The van der Waals surface area contributed by atoms with Crippen LogP contribution in [0.25, 0.3) is 0 Å². The number of sulfonamides is 1. The van der Waals surface area contributed by atoms with Crippen molar-refractivity contribution in [3.05, 3.63) is 101 Å². The van der Waals surface area contributed by atoms with Crippen molar-refractivity contribution in [3.8, 4) is 0 Å². The van der Waals surface area contributed by atoms with Crippen LogP contribution in [-0.4, -0.2) is 120 Å². The Morgan fingerprint density at radius 2 is 1.60 bits per heavy atom. The standard InChI is InChI=1S/C40H51FN2O13S/c1-54-38(50)36-34(47)33(46)35(48)39(56-36)55-23-40(51,22-44)20-19-25-5-9-27(10-6-25)32-30(17-18-31(45)26-11-13-28(41)14-12-26)37(49)43(32)29-15-7-24(8-16-29)4-3-21-42-57(2,52)53/h5-16,30-36,39,42,44-48,51H,3-4,17-23H2,1-2H3/t30?,31-,32+,33-,34-,35+,36-,39+,40?/m0/s1. The lowest BCUT2D eigenvalue weighted by atomic mass is 9.78. The zero-order valence-electron chi connectivity index (χ0n) is 31.7. The Hall–Kier alpha value is -3.88. The Kier molecular flexibility index (Phi) is 14.9. The van der Waals surface area contributed by atoms with Crippen molar-refractivity contribution in [1.82, 2.24) is 4.72 Å². The molecular weight excluding hydrogens is 768 g/mol. The second-order valence-electron chi connectivity index (χ2n) is 14.7. The van der Waals surface area contributed by atoms with Crippen molar-refractivity contribution in [2.45, 2.75) is 87.0 Å². The van der Waals surface area contributed by atoms with E-state index in [4.69, 9.17) is 9.47 Å². The first kappa shape index (κ1) is 44.2. The number of esters is 1. The van der Waals surface area contributed by atoms with E-state index < -0.39 is 83.4 Å². The fourth-order valence-electron chi connectivity index (χ4n) is 7.05. The number of aliphatic hydroxyl groups excluding tert-OH is 5. The largest absolute Gasteiger partial charge is 0.467 e. The number of amides is 1. The average Bonchev–Trinajstić information content (AvgIpc) is 3.20. The van der Waals surface area contributed by atoms with E-state index in [0.29, 0.717) is 37.1 Å². The van der Waals surface area contributed by atoms with E-state index in [2.05, 4.69) is 9.46 Å². The molecule has 312 valence electrons. The molecule has 9 atom stereocenters. The lowest BCUT2D eigenvalue weighted by Gasteiger charge is -2.48. The molecule has 57 heavy (non-hydrogen) atoms. The molecule has 0 spiro atoms. The zero-order valence-corrected chi connectivity index (χ0v) is 32.5. The summed E-state index contributed by atoms with van der Waals surface area (Å²) in [5, 5.41) is 62.7. The number of aryl methyl sites for hydroxylation is 2. The second kappa shape index (κ2) is 19.2. The van der Waals surface area contributed by atoms with Crippen molar-refractivity contribution in [2.24, 2.45) is 5.92 Å². The van der Waals surface area contributed by atoms with E-state index in [1.807, 2.05) is 48.5 Å². The van der Waals surface area contributed by atoms with Gasteiger partial charge in [-0.1, -0.05) is 48.5 Å². The molecular formula is C40H51FN2O13S. The number of carbonyl (C=O) groups is 2. The molecule has 7 N–H and O–H groups in total. The van der Waals surface area contributed by atoms with Crippen LogP contribution in [0.3, 0.4) is 0 Å². The Labute approximate surface area is 330 Å². The van der Waals surface area contributed by atoms with E-state index in [1.54, 1.807) is 4.90 Å². The number of carbonyl (C=O) groups excluding carboxylic acids is 2. The Bertz CT molecular complexity index is 1900. The number of rotatable bonds is 19. The van der Waals surface area contributed by atoms with Crippen LogP contribution in [0.4, 0.5) is 10.1 Å². The molecule has 3 aromatic rings. The summed E-state index contributed by atoms with van der Waals surface area (Å²) in [5.74, 6) is -2.02. The molecule has 2 saturated heterocycles. The summed E-state index contributed by atoms with van der Waals surface area (Å²) in [6.07, 6.45) is -6.33. The molecule has 0 saturated carbocycles. The zero-order chi connectivity index (χ0) is 41.5. The van der Waals surface area contributed by atoms with Crippen LogP contribution in [0, 0.1) is 11.7 Å². The highest BCUT2D eigenvalue weighted by Gasteiger charge is 2.49. The summed E-state index contributed by atoms with van der Waals surface area (Å²) in [4.78, 5) is 27.4. The number of nitrogens with zero attached hydrogens (tertiary/aromatic N) is 1. The van der Waals surface area contributed by atoms with E-state index in [-0.39, 0.29) is 31.2 Å². The van der Waals surface area contributed by atoms with Crippen LogP contribution in [-0.2, 0) is 46.7 Å². The van der Waals surface area contributed by atoms with Gasteiger partial charge in [-0.15, -0.1) is 0 Å². The van der Waals surface area contributed by atoms with E-state index >= 15 is 0 Å². The Morgan fingerprint density at radius 1 is 0.965 bits per heavy atom. The number of anilines is 1. The van der Waals surface area contributed by atoms with E-state index in [1.165, 1.54) is 24.3 Å². The lowest BCUT2D eigenvalue weighted by molar-refractivity contribution is -0.303. The van der Waals surface area contributed by atoms with Crippen molar-refractivity contribution < 1.29 is 67.2 Å². The number of methoxy groups -OCH3 is 1. The summed E-state index contributed by atoms with van der Waals surface area (Å²) >= 11 is 0. The molecule has 2 fully saturated rings. The van der Waals surface area contributed by atoms with Gasteiger partial charge in [0.15, 0.2) is 12.4 Å². The molecule has 2 aliphatic rings. The van der Waals surface area contributed by atoms with Crippen molar-refractivity contribution in [3.63, 3.8) is 0 Å². The summed E-state index contributed by atoms with van der Waals surface area (Å²) in [7, 11) is -2.23. The first-order valence-corrected chi connectivity index (χ1v) is 20.5. The monoisotopic (exact) mass is 818 g/mol. The van der Waals surface area contributed by atoms with Crippen LogP contribution in [0.15, 0.2) is 72.8 Å². The molecule has 2 heterocycles. The van der Waals surface area contributed by atoms with Crippen molar-refractivity contribution in [1.29, 1.82) is 0 Å². The highest BCUT2D eigenvalue weighted by molar-refractivity contribution is 7.88. The van der Waals surface area contributed by atoms with Gasteiger partial charge < -0.3 is 49.7 Å². The molecule has 0 radical (unpaired) electrons. The smallest absolute Gasteiger partial charge is 0.337 e. The van der Waals surface area contributed by atoms with Gasteiger partial charge in [0.25, 0.3) is 0 Å². The van der Waals surface area contributed by atoms with Gasteiger partial charge in [0, 0.05) is 12.2 Å². The minimum atomic E-state index is -3.28. The fraction of sp³-hybridized carbons (Fsp3) is 0.500. The van der Waals surface area contributed by atoms with Gasteiger partial charge in [0.2, 0.25) is 15.9 Å². The maximum atomic E-state index is 13.7. The van der Waals surface area contributed by atoms with Gasteiger partial charge in [-0.2, -0.15) is 0 Å². The van der Waals surface area contributed by atoms with Gasteiger partial charge in [0.1, 0.15) is 29.7 Å². The number of nitrogens with one attached hydrogen (secondary N) is 1. The molecule has 0 bridgehead atoms. The Balaban J connectivity index is 1.26. The minimum absolute atomic E-state index is 0.00806. The number of benzene rings is 3. The van der Waals surface area contributed by atoms with Crippen molar-refractivity contribution >= 4 is 27.6 Å². The van der Waals surface area contributed by atoms with Crippen LogP contribution < -0.4 is 9.62 Å². The van der Waals surface area contributed by atoms with Crippen LogP contribution in [0.2, 0.25) is 0 Å². The summed E-state index contributed by atoms with van der Waals surface area (Å²) in [6.45, 7) is -0.988. The molecule has 17 heteroatoms. The van der Waals surface area contributed by atoms with Crippen LogP contribution in [0.5, 0.6) is 0 Å². The van der Waals surface area contributed by atoms with Gasteiger partial charge >= 0.3 is 5.97 Å². The minimum Gasteiger partial charge on any atom is -0.467 e. The number of halogens is 1. The molecule has 5 rings (SSSR count). The normalized spacial score (nSPS) is 25.4. The maximum Gasteiger partial charge on any atom is 0.337 e. The summed E-state index contributed by atoms with van der Waals surface area (Å²) < 4.78 is 54.1. The lowest BCUT2D eigenvalue weighted by Crippen LogP contribution is -2.61. The predicted molar refractivity (Wildman–Crippen MR) is 203 cm³/mol. The molecule has 2 unspecified atom stereocenters. The Morgan fingerprint density at radius 3 is 2.21 bits per heavy atom. The van der Waals surface area contributed by atoms with Crippen LogP contribution in [0.1, 0.15) is 60.1 Å². The number of aliphatic hydroxyl groups is 6. The predicted octanol–water partition coefficient (Wildman–Crippen LogP) is 1.18. The van der Waals surface area contributed by atoms with E-state index in [0.717, 1.165) is 30.1 Å². The molecule has 0 aromatic heterocycles. The number of ether oxygens (including phenoxy) is 3. The van der Waals surface area contributed by atoms with Gasteiger partial charge in [-0.25, -0.2) is 22.3 Å². The van der Waals surface area contributed by atoms with Crippen molar-refractivity contribution in [2.75, 3.05) is 38.0 Å². The van der Waals surface area contributed by atoms with E-state index in [9.17, 15) is 53.0 Å². The third-order valence-corrected chi connectivity index (χ3v) is 11.2. The highest BCUT2D eigenvalue weighted by atomic mass is 32.2. The maximum absolute atomic E-state index is 13.7. The fourth-order valence-corrected chi connectivity index (χ4v) is 7.57. The first-order chi connectivity index (χ1) is 27.0. The second-order valence-corrected chi connectivity index (χ2v) is 16.5. The first-order valence-electron chi connectivity index (χ1n) is 18.7. The molecule has 15 nitrogen and oxygen atoms in total. The molecule has 1 amide bonds. The quantitative estimate of drug-likeness (QED) is 0.0513. The topological polar surface area (TPSA) is 233 Å². The summed E-state index contributed by atoms with van der Waals surface area (Å²) in [5.41, 5.74) is 1.95. The number of hydrogen-bond acceptors (Lipinski definition) is 13. The third-order valence-electron chi connectivity index (χ3n) is 10.5. The third kappa shape index (κ3) is 11.2.